The van der Waals surface area contributed by atoms with Gasteiger partial charge in [-0.3, -0.25) is 0 Å². The van der Waals surface area contributed by atoms with Crippen LogP contribution < -0.4 is 0 Å². The summed E-state index contributed by atoms with van der Waals surface area (Å²) < 4.78 is 16.2. The van der Waals surface area contributed by atoms with E-state index in [0.29, 0.717) is 19.8 Å². The van der Waals surface area contributed by atoms with Gasteiger partial charge in [-0.1, -0.05) is 15.9 Å². The Morgan fingerprint density at radius 3 is 2.00 bits per heavy atom. The molecule has 0 aliphatic rings. The van der Waals surface area contributed by atoms with Crippen LogP contribution in [0.3, 0.4) is 0 Å². The Bertz CT molecular complexity index is 308. The first-order chi connectivity index (χ1) is 9.74. The van der Waals surface area contributed by atoms with E-state index < -0.39 is 0 Å². The number of methoxy groups -OCH3 is 1. The summed E-state index contributed by atoms with van der Waals surface area (Å²) in [6, 6.07) is 0. The van der Waals surface area contributed by atoms with Gasteiger partial charge in [0.05, 0.1) is 33.0 Å². The second-order valence-electron chi connectivity index (χ2n) is 4.40. The standard InChI is InChI=1S/C14H21BrO5/c1-18-11-14(5-2-6-15,12-19-9-3-7-16)13-20-10-4-8-17/h3-4H,2,5-6,9-13H2,1H3. The van der Waals surface area contributed by atoms with Crippen molar-refractivity contribution in [2.45, 2.75) is 12.8 Å². The number of hydrogen-bond acceptors (Lipinski definition) is 5. The molecular formula is C14H21BrO5. The normalized spacial score (nSPS) is 13.1. The summed E-state index contributed by atoms with van der Waals surface area (Å²) in [5.74, 6) is 3.34. The van der Waals surface area contributed by atoms with Crippen LogP contribution in [0.1, 0.15) is 12.8 Å². The van der Waals surface area contributed by atoms with E-state index in [9.17, 15) is 9.59 Å². The summed E-state index contributed by atoms with van der Waals surface area (Å²) in [4.78, 5) is 20.2. The third-order valence-electron chi connectivity index (χ3n) is 2.68. The van der Waals surface area contributed by atoms with E-state index in [1.54, 1.807) is 19.0 Å². The molecule has 0 heterocycles. The maximum absolute atomic E-state index is 10.1. The van der Waals surface area contributed by atoms with Gasteiger partial charge in [0.2, 0.25) is 0 Å². The van der Waals surface area contributed by atoms with Gasteiger partial charge in [0.15, 0.2) is 0 Å². The van der Waals surface area contributed by atoms with Crippen molar-refractivity contribution in [1.82, 2.24) is 0 Å². The number of rotatable bonds is 13. The van der Waals surface area contributed by atoms with E-state index >= 15 is 0 Å². The smallest absolute Gasteiger partial charge is 0.122 e. The van der Waals surface area contributed by atoms with Crippen molar-refractivity contribution in [3.05, 3.63) is 12.2 Å². The Hall–Kier alpha value is -0.740. The maximum Gasteiger partial charge on any atom is 0.122 e. The molecule has 0 rings (SSSR count). The fraction of sp³-hybridized carbons (Fsp3) is 0.714. The monoisotopic (exact) mass is 348 g/mol. The molecule has 0 bridgehead atoms. The van der Waals surface area contributed by atoms with E-state index in [4.69, 9.17) is 14.2 Å². The average molecular weight is 349 g/mol. The Morgan fingerprint density at radius 2 is 1.60 bits per heavy atom. The summed E-state index contributed by atoms with van der Waals surface area (Å²) in [5.41, 5.74) is -0.296. The van der Waals surface area contributed by atoms with Crippen molar-refractivity contribution in [1.29, 1.82) is 0 Å². The van der Waals surface area contributed by atoms with Crippen molar-refractivity contribution in [2.75, 3.05) is 45.5 Å². The Labute approximate surface area is 128 Å². The highest BCUT2D eigenvalue weighted by Crippen LogP contribution is 2.26. The zero-order valence-electron chi connectivity index (χ0n) is 11.7. The van der Waals surface area contributed by atoms with Crippen LogP contribution in [0.2, 0.25) is 0 Å². The van der Waals surface area contributed by atoms with Crippen LogP contribution in [0.5, 0.6) is 0 Å². The molecule has 0 aromatic rings. The molecular weight excluding hydrogens is 328 g/mol. The molecule has 0 N–H and O–H groups in total. The lowest BCUT2D eigenvalue weighted by Crippen LogP contribution is -2.37. The van der Waals surface area contributed by atoms with Gasteiger partial charge in [0.1, 0.15) is 11.9 Å². The van der Waals surface area contributed by atoms with Gasteiger partial charge in [0.25, 0.3) is 0 Å². The van der Waals surface area contributed by atoms with Crippen molar-refractivity contribution in [3.8, 4) is 0 Å². The Balaban J connectivity index is 4.54. The molecule has 0 amide bonds. The lowest BCUT2D eigenvalue weighted by molar-refractivity contribution is -0.0555. The zero-order chi connectivity index (χ0) is 15.1. The Kier molecular flexibility index (Phi) is 12.8. The second-order valence-corrected chi connectivity index (χ2v) is 5.19. The van der Waals surface area contributed by atoms with Crippen molar-refractivity contribution < 1.29 is 23.8 Å². The highest BCUT2D eigenvalue weighted by atomic mass is 79.9. The van der Waals surface area contributed by atoms with Crippen molar-refractivity contribution in [3.63, 3.8) is 0 Å². The second kappa shape index (κ2) is 13.3. The topological polar surface area (TPSA) is 61.8 Å². The lowest BCUT2D eigenvalue weighted by atomic mass is 9.86. The number of alkyl halides is 1. The zero-order valence-corrected chi connectivity index (χ0v) is 13.3. The van der Waals surface area contributed by atoms with Gasteiger partial charge < -0.3 is 14.2 Å². The minimum absolute atomic E-state index is 0.220. The van der Waals surface area contributed by atoms with Crippen molar-refractivity contribution >= 4 is 27.8 Å². The van der Waals surface area contributed by atoms with E-state index in [0.717, 1.165) is 18.2 Å². The van der Waals surface area contributed by atoms with Crippen molar-refractivity contribution in [2.24, 2.45) is 5.41 Å². The molecule has 6 heteroatoms. The molecule has 0 unspecified atom stereocenters. The summed E-state index contributed by atoms with van der Waals surface area (Å²) in [5, 5.41) is 0.876. The molecule has 0 aromatic heterocycles. The minimum Gasteiger partial charge on any atom is -0.384 e. The molecule has 0 fully saturated rings. The van der Waals surface area contributed by atoms with Crippen LogP contribution in [-0.4, -0.2) is 57.4 Å². The van der Waals surface area contributed by atoms with Gasteiger partial charge >= 0.3 is 0 Å². The van der Waals surface area contributed by atoms with Gasteiger partial charge in [-0.05, 0) is 12.8 Å². The summed E-state index contributed by atoms with van der Waals surface area (Å²) in [7, 11) is 1.62. The number of hydrogen-bond donors (Lipinski definition) is 0. The first-order valence-electron chi connectivity index (χ1n) is 6.34. The largest absolute Gasteiger partial charge is 0.384 e. The quantitative estimate of drug-likeness (QED) is 0.287. The number of halogens is 1. The molecule has 0 aromatic carbocycles. The fourth-order valence-corrected chi connectivity index (χ4v) is 2.11. The molecule has 0 radical (unpaired) electrons. The molecule has 114 valence electrons. The van der Waals surface area contributed by atoms with E-state index in [1.807, 2.05) is 0 Å². The van der Waals surface area contributed by atoms with Crippen LogP contribution in [0.25, 0.3) is 0 Å². The molecule has 0 spiro atoms. The van der Waals surface area contributed by atoms with Crippen LogP contribution in [-0.2, 0) is 23.8 Å². The molecule has 0 atom stereocenters. The van der Waals surface area contributed by atoms with Crippen LogP contribution in [0, 0.1) is 5.41 Å². The van der Waals surface area contributed by atoms with E-state index in [-0.39, 0.29) is 18.6 Å². The molecule has 0 aliphatic carbocycles. The highest BCUT2D eigenvalue weighted by Gasteiger charge is 2.30. The predicted octanol–water partition coefficient (Wildman–Crippen LogP) is 1.60. The first-order valence-corrected chi connectivity index (χ1v) is 7.46. The first kappa shape index (κ1) is 19.3. The lowest BCUT2D eigenvalue weighted by Gasteiger charge is -2.32. The van der Waals surface area contributed by atoms with Gasteiger partial charge in [-0.2, -0.15) is 0 Å². The Morgan fingerprint density at radius 1 is 1.05 bits per heavy atom. The molecule has 0 saturated carbocycles. The third kappa shape index (κ3) is 9.21. The highest BCUT2D eigenvalue weighted by molar-refractivity contribution is 9.09. The number of carbonyl (C=O) groups excluding carboxylic acids is 2. The summed E-state index contributed by atoms with van der Waals surface area (Å²) in [6.07, 6.45) is 4.38. The third-order valence-corrected chi connectivity index (χ3v) is 3.24. The van der Waals surface area contributed by atoms with Gasteiger partial charge in [-0.25, -0.2) is 9.59 Å². The summed E-state index contributed by atoms with van der Waals surface area (Å²) in [6.45, 7) is 1.75. The minimum atomic E-state index is -0.296. The molecule has 0 aliphatic heterocycles. The summed E-state index contributed by atoms with van der Waals surface area (Å²) >= 11 is 3.40. The van der Waals surface area contributed by atoms with Crippen LogP contribution in [0.15, 0.2) is 12.2 Å². The molecule has 5 nitrogen and oxygen atoms in total. The van der Waals surface area contributed by atoms with Crippen LogP contribution in [0.4, 0.5) is 0 Å². The fourth-order valence-electron chi connectivity index (χ4n) is 1.83. The SMILES string of the molecule is COCC(CCCBr)(COCC=C=O)COCC=C=O. The average Bonchev–Trinajstić information content (AvgIpc) is 2.46. The predicted molar refractivity (Wildman–Crippen MR) is 79.5 cm³/mol. The van der Waals surface area contributed by atoms with Gasteiger partial charge in [0, 0.05) is 30.0 Å². The molecule has 0 saturated heterocycles. The van der Waals surface area contributed by atoms with E-state index in [1.165, 1.54) is 12.2 Å². The maximum atomic E-state index is 10.1. The number of ether oxygens (including phenoxy) is 3. The molecule has 20 heavy (non-hydrogen) atoms. The van der Waals surface area contributed by atoms with Gasteiger partial charge in [-0.15, -0.1) is 0 Å². The van der Waals surface area contributed by atoms with E-state index in [2.05, 4.69) is 15.9 Å². The van der Waals surface area contributed by atoms with Crippen LogP contribution >= 0.6 is 15.9 Å².